The van der Waals surface area contributed by atoms with E-state index in [1.54, 1.807) is 91.0 Å². The number of esters is 3. The van der Waals surface area contributed by atoms with Crippen LogP contribution in [0.3, 0.4) is 0 Å². The molecule has 0 bridgehead atoms. The summed E-state index contributed by atoms with van der Waals surface area (Å²) in [6.45, 7) is -0.465. The Bertz CT molecular complexity index is 1180. The van der Waals surface area contributed by atoms with Crippen LogP contribution in [0.15, 0.2) is 91.0 Å². The van der Waals surface area contributed by atoms with Crippen molar-refractivity contribution in [3.05, 3.63) is 108 Å². The molecule has 1 aliphatic rings. The number of carbonyl (C=O) groups excluding carboxylic acids is 3. The second-order valence-corrected chi connectivity index (χ2v) is 8.21. The van der Waals surface area contributed by atoms with Gasteiger partial charge in [0.05, 0.1) is 16.7 Å². The number of benzene rings is 3. The van der Waals surface area contributed by atoms with E-state index in [0.717, 1.165) is 0 Å². The monoisotopic (exact) mass is 506 g/mol. The molecule has 5 atom stereocenters. The van der Waals surface area contributed by atoms with Gasteiger partial charge in [0, 0.05) is 7.11 Å². The number of ether oxygens (including phenoxy) is 5. The fraction of sp³-hybridized carbons (Fsp3) is 0.250. The molecular formula is C28H26O9. The highest BCUT2D eigenvalue weighted by atomic mass is 16.7. The lowest BCUT2D eigenvalue weighted by atomic mass is 10.1. The van der Waals surface area contributed by atoms with Gasteiger partial charge in [0.2, 0.25) is 0 Å². The SMILES string of the molecule is CO[C@H]1O[C@@H]([C@H](O)COC(=O)c2ccccc2)[C@H](OC(=O)c2ccccc2)[C@H]1OC(=O)c1ccccc1. The molecule has 1 fully saturated rings. The predicted octanol–water partition coefficient (Wildman–Crippen LogP) is 3.03. The summed E-state index contributed by atoms with van der Waals surface area (Å²) in [6, 6.07) is 24.7. The van der Waals surface area contributed by atoms with Crippen LogP contribution in [0.5, 0.6) is 0 Å². The Morgan fingerprint density at radius 2 is 1.16 bits per heavy atom. The topological polar surface area (TPSA) is 118 Å². The van der Waals surface area contributed by atoms with E-state index in [1.165, 1.54) is 7.11 Å². The molecular weight excluding hydrogens is 480 g/mol. The van der Waals surface area contributed by atoms with E-state index in [1.807, 2.05) is 0 Å². The summed E-state index contributed by atoms with van der Waals surface area (Å²) in [5, 5.41) is 10.9. The largest absolute Gasteiger partial charge is 0.459 e. The zero-order valence-electron chi connectivity index (χ0n) is 20.0. The van der Waals surface area contributed by atoms with Crippen molar-refractivity contribution in [2.75, 3.05) is 13.7 Å². The Morgan fingerprint density at radius 3 is 1.62 bits per heavy atom. The first-order valence-corrected chi connectivity index (χ1v) is 11.6. The second-order valence-electron chi connectivity index (χ2n) is 8.21. The minimum Gasteiger partial charge on any atom is -0.459 e. The molecule has 0 spiro atoms. The molecule has 3 aromatic rings. The Kier molecular flexibility index (Phi) is 8.63. The van der Waals surface area contributed by atoms with Crippen molar-refractivity contribution in [2.45, 2.75) is 30.7 Å². The van der Waals surface area contributed by atoms with Gasteiger partial charge in [0.15, 0.2) is 18.5 Å². The van der Waals surface area contributed by atoms with Crippen LogP contribution in [0.25, 0.3) is 0 Å². The van der Waals surface area contributed by atoms with E-state index in [9.17, 15) is 19.5 Å². The van der Waals surface area contributed by atoms with E-state index in [2.05, 4.69) is 0 Å². The molecule has 1 N–H and O–H groups in total. The summed E-state index contributed by atoms with van der Waals surface area (Å²) in [4.78, 5) is 38.0. The van der Waals surface area contributed by atoms with E-state index >= 15 is 0 Å². The van der Waals surface area contributed by atoms with Gasteiger partial charge in [-0.2, -0.15) is 0 Å². The predicted molar refractivity (Wildman–Crippen MR) is 130 cm³/mol. The lowest BCUT2D eigenvalue weighted by Gasteiger charge is -2.26. The van der Waals surface area contributed by atoms with Crippen LogP contribution in [0.1, 0.15) is 31.1 Å². The van der Waals surface area contributed by atoms with Gasteiger partial charge in [0.25, 0.3) is 0 Å². The summed E-state index contributed by atoms with van der Waals surface area (Å²) >= 11 is 0. The van der Waals surface area contributed by atoms with Crippen LogP contribution < -0.4 is 0 Å². The number of aliphatic hydroxyl groups is 1. The fourth-order valence-corrected chi connectivity index (χ4v) is 3.85. The summed E-state index contributed by atoms with van der Waals surface area (Å²) < 4.78 is 27.7. The molecule has 1 saturated heterocycles. The number of carbonyl (C=O) groups is 3. The Labute approximate surface area is 213 Å². The third-order valence-corrected chi connectivity index (χ3v) is 5.72. The van der Waals surface area contributed by atoms with Crippen LogP contribution >= 0.6 is 0 Å². The third-order valence-electron chi connectivity index (χ3n) is 5.72. The maximum Gasteiger partial charge on any atom is 0.338 e. The number of hydrogen-bond donors (Lipinski definition) is 1. The smallest absolute Gasteiger partial charge is 0.338 e. The Morgan fingerprint density at radius 1 is 0.730 bits per heavy atom. The zero-order valence-corrected chi connectivity index (χ0v) is 20.0. The highest BCUT2D eigenvalue weighted by Gasteiger charge is 2.53. The zero-order chi connectivity index (χ0) is 26.2. The van der Waals surface area contributed by atoms with Crippen molar-refractivity contribution in [1.29, 1.82) is 0 Å². The molecule has 37 heavy (non-hydrogen) atoms. The van der Waals surface area contributed by atoms with Crippen LogP contribution in [-0.2, 0) is 23.7 Å². The minimum absolute atomic E-state index is 0.250. The van der Waals surface area contributed by atoms with Crippen molar-refractivity contribution in [2.24, 2.45) is 0 Å². The summed E-state index contributed by atoms with van der Waals surface area (Å²) in [5.41, 5.74) is 0.824. The van der Waals surface area contributed by atoms with Gasteiger partial charge in [-0.15, -0.1) is 0 Å². The first kappa shape index (κ1) is 26.0. The van der Waals surface area contributed by atoms with Crippen LogP contribution in [0.2, 0.25) is 0 Å². The van der Waals surface area contributed by atoms with Crippen LogP contribution in [0, 0.1) is 0 Å². The van der Waals surface area contributed by atoms with Gasteiger partial charge < -0.3 is 28.8 Å². The van der Waals surface area contributed by atoms with E-state index in [-0.39, 0.29) is 11.1 Å². The first-order valence-electron chi connectivity index (χ1n) is 11.6. The molecule has 4 rings (SSSR count). The van der Waals surface area contributed by atoms with Gasteiger partial charge in [-0.3, -0.25) is 0 Å². The lowest BCUT2D eigenvalue weighted by molar-refractivity contribution is -0.167. The van der Waals surface area contributed by atoms with E-state index < -0.39 is 55.2 Å². The molecule has 0 radical (unpaired) electrons. The highest BCUT2D eigenvalue weighted by Crippen LogP contribution is 2.31. The normalized spacial score (nSPS) is 21.6. The van der Waals surface area contributed by atoms with Crippen molar-refractivity contribution >= 4 is 17.9 Å². The summed E-state index contributed by atoms with van der Waals surface area (Å²) in [5.74, 6) is -2.06. The number of methoxy groups -OCH3 is 1. The quantitative estimate of drug-likeness (QED) is 0.345. The maximum atomic E-state index is 12.9. The van der Waals surface area contributed by atoms with Crippen molar-refractivity contribution in [3.63, 3.8) is 0 Å². The van der Waals surface area contributed by atoms with Gasteiger partial charge in [-0.25, -0.2) is 14.4 Å². The van der Waals surface area contributed by atoms with E-state index in [0.29, 0.717) is 5.56 Å². The molecule has 3 aromatic carbocycles. The molecule has 0 aromatic heterocycles. The molecule has 1 heterocycles. The molecule has 9 nitrogen and oxygen atoms in total. The molecule has 0 unspecified atom stereocenters. The second kappa shape index (κ2) is 12.3. The Balaban J connectivity index is 1.54. The highest BCUT2D eigenvalue weighted by molar-refractivity contribution is 5.90. The lowest BCUT2D eigenvalue weighted by Crippen LogP contribution is -2.45. The van der Waals surface area contributed by atoms with Gasteiger partial charge in [0.1, 0.15) is 18.8 Å². The third kappa shape index (κ3) is 6.39. The summed E-state index contributed by atoms with van der Waals surface area (Å²) in [6.07, 6.45) is -6.30. The fourth-order valence-electron chi connectivity index (χ4n) is 3.85. The van der Waals surface area contributed by atoms with Crippen molar-refractivity contribution in [3.8, 4) is 0 Å². The average molecular weight is 507 g/mol. The molecule has 0 amide bonds. The first-order chi connectivity index (χ1) is 18.0. The number of hydrogen-bond acceptors (Lipinski definition) is 9. The van der Waals surface area contributed by atoms with Crippen LogP contribution in [0.4, 0.5) is 0 Å². The van der Waals surface area contributed by atoms with Gasteiger partial charge >= 0.3 is 17.9 Å². The molecule has 0 aliphatic carbocycles. The van der Waals surface area contributed by atoms with Gasteiger partial charge in [-0.1, -0.05) is 54.6 Å². The van der Waals surface area contributed by atoms with Crippen molar-refractivity contribution in [1.82, 2.24) is 0 Å². The molecule has 192 valence electrons. The molecule has 1 aliphatic heterocycles. The van der Waals surface area contributed by atoms with Crippen LogP contribution in [-0.4, -0.2) is 67.4 Å². The minimum atomic E-state index is -1.43. The number of aliphatic hydroxyl groups excluding tert-OH is 1. The van der Waals surface area contributed by atoms with Crippen molar-refractivity contribution < 1.29 is 43.2 Å². The average Bonchev–Trinajstić information content (AvgIpc) is 3.29. The standard InChI is InChI=1S/C28H26O9/c1-33-28-24(36-27(32)20-15-9-4-10-16-20)23(35-26(31)19-13-7-3-8-14-19)22(37-28)21(29)17-34-25(30)18-11-5-2-6-12-18/h2-16,21-24,28-29H,17H2,1H3/t21-,22+,23+,24-,28+/m1/s1. The molecule has 9 heteroatoms. The summed E-state index contributed by atoms with van der Waals surface area (Å²) in [7, 11) is 1.33. The number of rotatable bonds is 9. The maximum absolute atomic E-state index is 12.9. The Hall–Kier alpha value is -4.05. The van der Waals surface area contributed by atoms with E-state index in [4.69, 9.17) is 23.7 Å². The van der Waals surface area contributed by atoms with Gasteiger partial charge in [-0.05, 0) is 36.4 Å². The molecule has 0 saturated carbocycles.